The lowest BCUT2D eigenvalue weighted by atomic mass is 10.1. The van der Waals surface area contributed by atoms with Crippen LogP contribution in [0.15, 0.2) is 47.4 Å². The molecule has 0 spiro atoms. The Morgan fingerprint density at radius 3 is 1.58 bits per heavy atom. The quantitative estimate of drug-likeness (QED) is 0.356. The molecule has 3 fully saturated rings. The predicted octanol–water partition coefficient (Wildman–Crippen LogP) is 3.92. The lowest BCUT2D eigenvalue weighted by Gasteiger charge is -2.37. The smallest absolute Gasteiger partial charge is 0.475 e. The Labute approximate surface area is 322 Å². The topological polar surface area (TPSA) is 170 Å². The van der Waals surface area contributed by atoms with Gasteiger partial charge in [-0.3, -0.25) is 4.79 Å². The van der Waals surface area contributed by atoms with E-state index in [4.69, 9.17) is 25.2 Å². The van der Waals surface area contributed by atoms with Crippen molar-refractivity contribution in [3.05, 3.63) is 82.4 Å². The zero-order valence-corrected chi connectivity index (χ0v) is 31.1. The molecule has 0 radical (unpaired) electrons. The Morgan fingerprint density at radius 1 is 0.737 bits per heavy atom. The molecule has 13 nitrogen and oxygen atoms in total. The Kier molecular flexibility index (Phi) is 14.7. The summed E-state index contributed by atoms with van der Waals surface area (Å²) < 4.78 is 117. The van der Waals surface area contributed by atoms with E-state index < -0.39 is 45.3 Å². The van der Waals surface area contributed by atoms with Crippen LogP contribution in [0.2, 0.25) is 0 Å². The second-order valence-electron chi connectivity index (χ2n) is 12.7. The van der Waals surface area contributed by atoms with Crippen LogP contribution >= 0.6 is 0 Å². The van der Waals surface area contributed by atoms with Gasteiger partial charge in [-0.2, -0.15) is 23.7 Å². The van der Waals surface area contributed by atoms with Crippen molar-refractivity contribution in [2.75, 3.05) is 99.6 Å². The lowest BCUT2D eigenvalue weighted by Crippen LogP contribution is -2.49. The van der Waals surface area contributed by atoms with Gasteiger partial charge in [0.25, 0.3) is 5.91 Å². The van der Waals surface area contributed by atoms with Crippen LogP contribution in [0, 0.1) is 45.9 Å². The minimum Gasteiger partial charge on any atom is -0.475 e. The van der Waals surface area contributed by atoms with Crippen molar-refractivity contribution >= 4 is 38.8 Å². The summed E-state index contributed by atoms with van der Waals surface area (Å²) in [6, 6.07) is 12.1. The van der Waals surface area contributed by atoms with Gasteiger partial charge in [0.1, 0.15) is 11.4 Å². The van der Waals surface area contributed by atoms with Crippen molar-refractivity contribution in [3.63, 3.8) is 0 Å². The molecular formula is C36H36F7N7O6S. The largest absolute Gasteiger partial charge is 0.490 e. The number of aliphatic carboxylic acids is 1. The zero-order valence-electron chi connectivity index (χ0n) is 30.3. The van der Waals surface area contributed by atoms with Crippen LogP contribution in [0.4, 0.5) is 47.8 Å². The fourth-order valence-corrected chi connectivity index (χ4v) is 6.70. The number of carboxylic acids is 1. The summed E-state index contributed by atoms with van der Waals surface area (Å²) >= 11 is 0. The van der Waals surface area contributed by atoms with Crippen molar-refractivity contribution in [3.8, 4) is 12.1 Å². The third kappa shape index (κ3) is 11.5. The van der Waals surface area contributed by atoms with Gasteiger partial charge in [-0.15, -0.1) is 0 Å². The van der Waals surface area contributed by atoms with Crippen LogP contribution in [0.1, 0.15) is 21.5 Å². The number of nitriles is 2. The number of rotatable bonds is 5. The van der Waals surface area contributed by atoms with Crippen molar-refractivity contribution in [1.82, 2.24) is 10.2 Å². The summed E-state index contributed by atoms with van der Waals surface area (Å²) in [6.45, 7) is 5.47. The van der Waals surface area contributed by atoms with Crippen molar-refractivity contribution in [1.29, 1.82) is 10.5 Å². The Morgan fingerprint density at radius 2 is 1.18 bits per heavy atom. The molecule has 0 unspecified atom stereocenters. The van der Waals surface area contributed by atoms with Crippen molar-refractivity contribution in [2.45, 2.75) is 11.1 Å². The van der Waals surface area contributed by atoms with E-state index >= 15 is 0 Å². The van der Waals surface area contributed by atoms with E-state index in [-0.39, 0.29) is 65.0 Å². The molecule has 0 saturated carbocycles. The number of carbonyl (C=O) groups is 2. The number of alkyl halides is 3. The third-order valence-corrected chi connectivity index (χ3v) is 9.94. The predicted molar refractivity (Wildman–Crippen MR) is 192 cm³/mol. The zero-order chi connectivity index (χ0) is 42.1. The van der Waals surface area contributed by atoms with E-state index in [9.17, 15) is 43.9 Å². The maximum Gasteiger partial charge on any atom is 0.490 e. The van der Waals surface area contributed by atoms with Crippen LogP contribution in [0.25, 0.3) is 0 Å². The number of amides is 1. The summed E-state index contributed by atoms with van der Waals surface area (Å²) in [7, 11) is -3.53. The summed E-state index contributed by atoms with van der Waals surface area (Å²) in [4.78, 5) is 29.1. The maximum absolute atomic E-state index is 14.4. The molecule has 0 aromatic heterocycles. The minimum absolute atomic E-state index is 0.00823. The van der Waals surface area contributed by atoms with Crippen molar-refractivity contribution in [2.24, 2.45) is 0 Å². The highest BCUT2D eigenvalue weighted by molar-refractivity contribution is 7.90. The number of piperazine rings is 2. The van der Waals surface area contributed by atoms with Crippen LogP contribution in [0.3, 0.4) is 0 Å². The Balaban J connectivity index is 0.000000257. The normalized spacial score (nSPS) is 16.0. The first-order chi connectivity index (χ1) is 26.8. The minimum atomic E-state index is -5.08. The second kappa shape index (κ2) is 19.0. The van der Waals surface area contributed by atoms with Gasteiger partial charge in [-0.25, -0.2) is 30.8 Å². The summed E-state index contributed by atoms with van der Waals surface area (Å²) in [6.07, 6.45) is -4.00. The van der Waals surface area contributed by atoms with E-state index in [0.29, 0.717) is 58.2 Å². The molecule has 306 valence electrons. The molecule has 2 N–H and O–H groups in total. The molecule has 3 aromatic rings. The lowest BCUT2D eigenvalue weighted by molar-refractivity contribution is -0.192. The highest BCUT2D eigenvalue weighted by atomic mass is 32.2. The number of hydrogen-bond donors (Lipinski definition) is 2. The van der Waals surface area contributed by atoms with E-state index in [1.807, 2.05) is 4.90 Å². The molecule has 21 heteroatoms. The molecule has 6 rings (SSSR count). The number of anilines is 3. The Bertz CT molecular complexity index is 2100. The van der Waals surface area contributed by atoms with Gasteiger partial charge in [-0.1, -0.05) is 0 Å². The van der Waals surface area contributed by atoms with E-state index in [1.165, 1.54) is 17.0 Å². The molecule has 3 aromatic carbocycles. The molecule has 0 aliphatic carbocycles. The number of halogens is 7. The average molecular weight is 828 g/mol. The number of hydrogen-bond acceptors (Lipinski definition) is 11. The first-order valence-electron chi connectivity index (χ1n) is 17.1. The number of nitrogens with zero attached hydrogens (tertiary/aromatic N) is 6. The van der Waals surface area contributed by atoms with Crippen LogP contribution in [0.5, 0.6) is 0 Å². The van der Waals surface area contributed by atoms with Crippen LogP contribution in [-0.2, 0) is 19.4 Å². The molecule has 57 heavy (non-hydrogen) atoms. The number of morpholine rings is 1. The van der Waals surface area contributed by atoms with Gasteiger partial charge in [-0.05, 0) is 42.5 Å². The molecule has 3 heterocycles. The SMILES string of the molecule is CS(=O)(=O)c1ccc(N2CCOCC2)c(C(=O)N2CCN(c3c(F)cc(C#N)cc3F)CC2)c1.N#Cc1cc(F)c(N2CCNCC2)c(F)c1.O=C(O)C(F)(F)F. The summed E-state index contributed by atoms with van der Waals surface area (Å²) in [5.41, 5.74) is 0.559. The third-order valence-electron chi connectivity index (χ3n) is 8.83. The molecule has 0 bridgehead atoms. The molecule has 1 amide bonds. The fourth-order valence-electron chi connectivity index (χ4n) is 6.05. The maximum atomic E-state index is 14.4. The van der Waals surface area contributed by atoms with Gasteiger partial charge in [0, 0.05) is 77.4 Å². The highest BCUT2D eigenvalue weighted by Gasteiger charge is 2.38. The monoisotopic (exact) mass is 827 g/mol. The first-order valence-corrected chi connectivity index (χ1v) is 19.0. The van der Waals surface area contributed by atoms with E-state index in [2.05, 4.69) is 5.32 Å². The molecule has 0 atom stereocenters. The second-order valence-corrected chi connectivity index (χ2v) is 14.7. The number of sulfone groups is 1. The first kappa shape index (κ1) is 44.1. The van der Waals surface area contributed by atoms with Gasteiger partial charge in [0.2, 0.25) is 0 Å². The average Bonchev–Trinajstić information content (AvgIpc) is 3.17. The molecule has 3 saturated heterocycles. The van der Waals surface area contributed by atoms with Crippen LogP contribution < -0.4 is 20.0 Å². The highest BCUT2D eigenvalue weighted by Crippen LogP contribution is 2.30. The number of benzene rings is 3. The fraction of sp³-hybridized carbons (Fsp3) is 0.389. The number of carboxylic acid groups (broad SMARTS) is 1. The Hall–Kier alpha value is -5.64. The van der Waals surface area contributed by atoms with Gasteiger partial charge < -0.3 is 34.8 Å². The standard InChI is InChI=1S/C23H24F2N4O4S.C11H11F2N3.C2HF3O2/c1-34(31,32)17-2-3-21(27-8-10-33-11-9-27)18(14-17)23(30)29-6-4-28(5-7-29)22-19(24)12-16(15-26)13-20(22)25;12-9-5-8(7-14)6-10(13)11(9)16-3-1-15-2-4-16;3-2(4,5)1(6)7/h2-3,12-14H,4-11H2,1H3;5-6,15H,1-4H2;(H,6,7). The molecule has 3 aliphatic rings. The van der Waals surface area contributed by atoms with Gasteiger partial charge in [0.05, 0.1) is 46.9 Å². The molecule has 3 aliphatic heterocycles. The summed E-state index contributed by atoms with van der Waals surface area (Å²) in [5.74, 6) is -6.09. The number of carbonyl (C=O) groups excluding carboxylic acids is 1. The summed E-state index contributed by atoms with van der Waals surface area (Å²) in [5, 5.41) is 27.7. The number of ether oxygens (including phenoxy) is 1. The van der Waals surface area contributed by atoms with E-state index in [0.717, 1.165) is 30.5 Å². The molecular weight excluding hydrogens is 791 g/mol. The van der Waals surface area contributed by atoms with Gasteiger partial charge in [0.15, 0.2) is 33.1 Å². The van der Waals surface area contributed by atoms with E-state index in [1.54, 1.807) is 28.0 Å². The van der Waals surface area contributed by atoms with Crippen molar-refractivity contribution < 1.29 is 58.6 Å². The van der Waals surface area contributed by atoms with Crippen LogP contribution in [-0.4, -0.2) is 121 Å². The van der Waals surface area contributed by atoms with Gasteiger partial charge >= 0.3 is 12.1 Å². The number of nitrogens with one attached hydrogen (secondary N) is 1.